The lowest BCUT2D eigenvalue weighted by molar-refractivity contribution is -0.138. The highest BCUT2D eigenvalue weighted by Gasteiger charge is 2.42. The first-order chi connectivity index (χ1) is 13.1. The molecular weight excluding hydrogens is 467 g/mol. The molecule has 2 aliphatic rings. The molecule has 1 fully saturated rings. The number of benzene rings is 1. The maximum absolute atomic E-state index is 12.7. The molecule has 28 heavy (non-hydrogen) atoms. The molecule has 1 aliphatic heterocycles. The van der Waals surface area contributed by atoms with Crippen LogP contribution in [0.5, 0.6) is 5.75 Å². The highest BCUT2D eigenvalue weighted by molar-refractivity contribution is 14.0. The molecule has 1 amide bonds. The molecule has 1 saturated carbocycles. The zero-order valence-electron chi connectivity index (χ0n) is 17.2. The first kappa shape index (κ1) is 22.8. The lowest BCUT2D eigenvalue weighted by Crippen LogP contribution is -2.49. The van der Waals surface area contributed by atoms with E-state index in [0.29, 0.717) is 12.5 Å². The van der Waals surface area contributed by atoms with Crippen LogP contribution < -0.4 is 15.4 Å². The normalized spacial score (nSPS) is 20.4. The molecule has 1 unspecified atom stereocenters. The molecule has 1 atom stereocenters. The summed E-state index contributed by atoms with van der Waals surface area (Å²) in [6, 6.07) is 8.24. The third-order valence-electron chi connectivity index (χ3n) is 5.84. The van der Waals surface area contributed by atoms with E-state index in [2.05, 4.69) is 27.8 Å². The van der Waals surface area contributed by atoms with Gasteiger partial charge in [0.15, 0.2) is 5.96 Å². The zero-order chi connectivity index (χ0) is 19.3. The van der Waals surface area contributed by atoms with Crippen LogP contribution in [0.1, 0.15) is 43.6 Å². The van der Waals surface area contributed by atoms with E-state index in [0.717, 1.165) is 57.0 Å². The summed E-state index contributed by atoms with van der Waals surface area (Å²) in [6.45, 7) is 2.18. The summed E-state index contributed by atoms with van der Waals surface area (Å²) >= 11 is 0. The molecule has 3 rings (SSSR count). The summed E-state index contributed by atoms with van der Waals surface area (Å²) in [5.74, 6) is 2.37. The summed E-state index contributed by atoms with van der Waals surface area (Å²) in [7, 11) is 5.47. The lowest BCUT2D eigenvalue weighted by atomic mass is 9.84. The van der Waals surface area contributed by atoms with Crippen LogP contribution >= 0.6 is 24.0 Å². The Hall–Kier alpha value is -1.51. The predicted octanol–water partition coefficient (Wildman–Crippen LogP) is 2.98. The quantitative estimate of drug-likeness (QED) is 0.371. The van der Waals surface area contributed by atoms with E-state index in [4.69, 9.17) is 4.74 Å². The number of para-hydroxylation sites is 1. The average Bonchev–Trinajstić information content (AvgIpc) is 3.17. The van der Waals surface area contributed by atoms with Crippen LogP contribution in [0.2, 0.25) is 0 Å². The van der Waals surface area contributed by atoms with Gasteiger partial charge in [0.05, 0.1) is 12.0 Å². The Balaban J connectivity index is 0.00000280. The number of hydrogen-bond acceptors (Lipinski definition) is 3. The molecule has 1 aromatic rings. The van der Waals surface area contributed by atoms with Gasteiger partial charge in [-0.2, -0.15) is 0 Å². The number of halogens is 1. The number of ether oxygens (including phenoxy) is 1. The second kappa shape index (κ2) is 10.3. The Morgan fingerprint density at radius 3 is 2.64 bits per heavy atom. The standard InChI is InChI=1S/C21H32N4O2.HI/c1-22-20(24-15-21(11-6-7-12-21)19(26)25(2)3)23-14-16-10-13-27-18-9-5-4-8-17(16)18;/h4-5,8-9,16H,6-7,10-15H2,1-3H3,(H2,22,23,24);1H. The average molecular weight is 500 g/mol. The van der Waals surface area contributed by atoms with Gasteiger partial charge in [-0.3, -0.25) is 9.79 Å². The van der Waals surface area contributed by atoms with E-state index in [1.165, 1.54) is 5.56 Å². The van der Waals surface area contributed by atoms with Gasteiger partial charge in [-0.25, -0.2) is 0 Å². The Bertz CT molecular complexity index is 687. The smallest absolute Gasteiger partial charge is 0.230 e. The molecule has 156 valence electrons. The van der Waals surface area contributed by atoms with Gasteiger partial charge < -0.3 is 20.3 Å². The van der Waals surface area contributed by atoms with Crippen molar-refractivity contribution in [3.63, 3.8) is 0 Å². The summed E-state index contributed by atoms with van der Waals surface area (Å²) in [5, 5.41) is 6.86. The van der Waals surface area contributed by atoms with Crippen molar-refractivity contribution in [2.45, 2.75) is 38.0 Å². The molecule has 0 aromatic heterocycles. The summed E-state index contributed by atoms with van der Waals surface area (Å²) in [6.07, 6.45) is 5.12. The molecule has 1 aliphatic carbocycles. The van der Waals surface area contributed by atoms with Gasteiger partial charge >= 0.3 is 0 Å². The first-order valence-electron chi connectivity index (χ1n) is 9.94. The van der Waals surface area contributed by atoms with Gasteiger partial charge in [-0.05, 0) is 30.9 Å². The van der Waals surface area contributed by atoms with Crippen LogP contribution in [0.4, 0.5) is 0 Å². The zero-order valence-corrected chi connectivity index (χ0v) is 19.5. The van der Waals surface area contributed by atoms with E-state index >= 15 is 0 Å². The number of guanidine groups is 1. The van der Waals surface area contributed by atoms with Crippen molar-refractivity contribution in [2.24, 2.45) is 10.4 Å². The monoisotopic (exact) mass is 500 g/mol. The molecule has 0 spiro atoms. The molecule has 0 bridgehead atoms. The van der Waals surface area contributed by atoms with E-state index in [-0.39, 0.29) is 35.3 Å². The maximum Gasteiger partial charge on any atom is 0.230 e. The second-order valence-electron chi connectivity index (χ2n) is 7.87. The SMILES string of the molecule is CN=C(NCC1CCOc2ccccc21)NCC1(C(=O)N(C)C)CCCC1.I. The van der Waals surface area contributed by atoms with Crippen molar-refractivity contribution in [1.29, 1.82) is 0 Å². The van der Waals surface area contributed by atoms with Gasteiger partial charge in [0.1, 0.15) is 5.75 Å². The molecule has 6 nitrogen and oxygen atoms in total. The number of rotatable bonds is 5. The summed E-state index contributed by atoms with van der Waals surface area (Å²) < 4.78 is 5.75. The van der Waals surface area contributed by atoms with Crippen molar-refractivity contribution in [3.05, 3.63) is 29.8 Å². The number of carbonyl (C=O) groups is 1. The third kappa shape index (κ3) is 5.10. The number of hydrogen-bond donors (Lipinski definition) is 2. The molecule has 1 heterocycles. The fourth-order valence-electron chi connectivity index (χ4n) is 4.31. The van der Waals surface area contributed by atoms with Crippen molar-refractivity contribution < 1.29 is 9.53 Å². The highest BCUT2D eigenvalue weighted by atomic mass is 127. The largest absolute Gasteiger partial charge is 0.493 e. The van der Waals surface area contributed by atoms with E-state index in [1.54, 1.807) is 11.9 Å². The summed E-state index contributed by atoms with van der Waals surface area (Å²) in [5.41, 5.74) is 0.952. The first-order valence-corrected chi connectivity index (χ1v) is 9.94. The van der Waals surface area contributed by atoms with Gasteiger partial charge in [0.2, 0.25) is 5.91 Å². The van der Waals surface area contributed by atoms with Crippen molar-refractivity contribution >= 4 is 35.8 Å². The van der Waals surface area contributed by atoms with Crippen LogP contribution in [0.3, 0.4) is 0 Å². The minimum Gasteiger partial charge on any atom is -0.493 e. The molecule has 0 radical (unpaired) electrons. The van der Waals surface area contributed by atoms with Crippen LogP contribution in [-0.4, -0.2) is 57.6 Å². The third-order valence-corrected chi connectivity index (χ3v) is 5.84. The number of fused-ring (bicyclic) bond motifs is 1. The molecule has 7 heteroatoms. The van der Waals surface area contributed by atoms with Gasteiger partial charge in [-0.15, -0.1) is 24.0 Å². The van der Waals surface area contributed by atoms with Crippen molar-refractivity contribution in [3.8, 4) is 5.75 Å². The Morgan fingerprint density at radius 2 is 1.96 bits per heavy atom. The number of amides is 1. The van der Waals surface area contributed by atoms with Crippen LogP contribution in [0.15, 0.2) is 29.3 Å². The Kier molecular flexibility index (Phi) is 8.39. The van der Waals surface area contributed by atoms with E-state index < -0.39 is 0 Å². The topological polar surface area (TPSA) is 66.0 Å². The Labute approximate surface area is 185 Å². The van der Waals surface area contributed by atoms with Gasteiger partial charge in [-0.1, -0.05) is 31.0 Å². The van der Waals surface area contributed by atoms with E-state index in [1.807, 2.05) is 26.2 Å². The number of nitrogens with zero attached hydrogens (tertiary/aromatic N) is 2. The van der Waals surface area contributed by atoms with Crippen LogP contribution in [0, 0.1) is 5.41 Å². The molecule has 2 N–H and O–H groups in total. The minimum absolute atomic E-state index is 0. The second-order valence-corrected chi connectivity index (χ2v) is 7.87. The fourth-order valence-corrected chi connectivity index (χ4v) is 4.31. The van der Waals surface area contributed by atoms with Crippen molar-refractivity contribution in [2.75, 3.05) is 40.8 Å². The molecular formula is C21H33IN4O2. The number of nitrogens with one attached hydrogen (secondary N) is 2. The fraction of sp³-hybridized carbons (Fsp3) is 0.619. The van der Waals surface area contributed by atoms with E-state index in [9.17, 15) is 4.79 Å². The number of carbonyl (C=O) groups excluding carboxylic acids is 1. The highest BCUT2D eigenvalue weighted by Crippen LogP contribution is 2.39. The maximum atomic E-state index is 12.7. The Morgan fingerprint density at radius 1 is 1.25 bits per heavy atom. The predicted molar refractivity (Wildman–Crippen MR) is 124 cm³/mol. The molecule has 0 saturated heterocycles. The van der Waals surface area contributed by atoms with Crippen LogP contribution in [-0.2, 0) is 4.79 Å². The van der Waals surface area contributed by atoms with Gasteiger partial charge in [0, 0.05) is 40.2 Å². The van der Waals surface area contributed by atoms with Crippen molar-refractivity contribution in [1.82, 2.24) is 15.5 Å². The number of aliphatic imine (C=N–C) groups is 1. The van der Waals surface area contributed by atoms with Gasteiger partial charge in [0.25, 0.3) is 0 Å². The lowest BCUT2D eigenvalue weighted by Gasteiger charge is -2.32. The molecule has 1 aromatic carbocycles. The minimum atomic E-state index is -0.299. The van der Waals surface area contributed by atoms with Crippen LogP contribution in [0.25, 0.3) is 0 Å². The summed E-state index contributed by atoms with van der Waals surface area (Å²) in [4.78, 5) is 18.8.